The molecule has 3 aliphatic rings. The number of nitrogens with zero attached hydrogens (tertiary/aromatic N) is 1. The van der Waals surface area contributed by atoms with Crippen molar-refractivity contribution in [1.29, 1.82) is 0 Å². The van der Waals surface area contributed by atoms with Crippen molar-refractivity contribution in [2.24, 2.45) is 5.92 Å². The van der Waals surface area contributed by atoms with Crippen molar-refractivity contribution in [1.82, 2.24) is 4.90 Å². The van der Waals surface area contributed by atoms with Gasteiger partial charge in [0.05, 0.1) is 12.2 Å². The molecule has 2 aliphatic heterocycles. The fraction of sp³-hybridized carbons (Fsp3) is 0.846. The molecule has 1 atom stereocenters. The minimum Gasteiger partial charge on any atom is -0.479 e. The lowest BCUT2D eigenvalue weighted by Gasteiger charge is -2.38. The van der Waals surface area contributed by atoms with Crippen LogP contribution in [0.4, 0.5) is 0 Å². The molecule has 0 spiro atoms. The first-order valence-corrected chi connectivity index (χ1v) is 6.53. The van der Waals surface area contributed by atoms with Crippen LogP contribution in [0.25, 0.3) is 0 Å². The normalized spacial score (nSPS) is 30.9. The summed E-state index contributed by atoms with van der Waals surface area (Å²) in [4.78, 5) is 24.8. The summed E-state index contributed by atoms with van der Waals surface area (Å²) in [5.74, 6) is -1.25. The van der Waals surface area contributed by atoms with Gasteiger partial charge in [-0.25, -0.2) is 4.79 Å². The lowest BCUT2D eigenvalue weighted by atomic mass is 9.73. The fourth-order valence-electron chi connectivity index (χ4n) is 2.85. The molecular weight excluding hydrogens is 250 g/mol. The Balaban J connectivity index is 1.98. The highest BCUT2D eigenvalue weighted by Crippen LogP contribution is 2.50. The Morgan fingerprint density at radius 2 is 2.00 bits per heavy atom. The van der Waals surface area contributed by atoms with Gasteiger partial charge in [-0.05, 0) is 39.5 Å². The molecule has 3 fully saturated rings. The molecule has 1 unspecified atom stereocenters. The Labute approximate surface area is 112 Å². The Morgan fingerprint density at radius 1 is 1.42 bits per heavy atom. The number of ether oxygens (including phenoxy) is 1. The predicted octanol–water partition coefficient (Wildman–Crippen LogP) is 0.238. The van der Waals surface area contributed by atoms with Crippen LogP contribution >= 0.6 is 0 Å². The smallest absolute Gasteiger partial charge is 0.329 e. The summed E-state index contributed by atoms with van der Waals surface area (Å²) in [5.41, 5.74) is -1.52. The highest BCUT2D eigenvalue weighted by atomic mass is 16.5. The number of fused-ring (bicyclic) bond motifs is 1. The number of rotatable bonds is 4. The summed E-state index contributed by atoms with van der Waals surface area (Å²) in [6.45, 7) is 5.80. The molecule has 2 saturated heterocycles. The third-order valence-electron chi connectivity index (χ3n) is 3.83. The Bertz CT molecular complexity index is 394. The van der Waals surface area contributed by atoms with Gasteiger partial charge in [-0.1, -0.05) is 0 Å². The van der Waals surface area contributed by atoms with Crippen LogP contribution in [0.5, 0.6) is 0 Å². The molecule has 19 heavy (non-hydrogen) atoms. The van der Waals surface area contributed by atoms with E-state index in [4.69, 9.17) is 4.74 Å². The molecule has 6 heteroatoms. The minimum absolute atomic E-state index is 0.112. The van der Waals surface area contributed by atoms with Crippen molar-refractivity contribution in [3.05, 3.63) is 0 Å². The zero-order valence-corrected chi connectivity index (χ0v) is 11.5. The van der Waals surface area contributed by atoms with E-state index in [1.165, 1.54) is 4.90 Å². The summed E-state index contributed by atoms with van der Waals surface area (Å²) >= 11 is 0. The number of aliphatic hydroxyl groups excluding tert-OH is 1. The van der Waals surface area contributed by atoms with Crippen LogP contribution < -0.4 is 0 Å². The minimum atomic E-state index is -1.30. The first kappa shape index (κ1) is 14.3. The second kappa shape index (κ2) is 4.45. The Morgan fingerprint density at radius 3 is 2.47 bits per heavy atom. The maximum absolute atomic E-state index is 12.1. The predicted molar refractivity (Wildman–Crippen MR) is 66.5 cm³/mol. The van der Waals surface area contributed by atoms with Crippen LogP contribution in [-0.2, 0) is 14.3 Å². The number of carboxylic acids is 1. The third-order valence-corrected chi connectivity index (χ3v) is 3.83. The molecule has 0 aromatic heterocycles. The van der Waals surface area contributed by atoms with Gasteiger partial charge in [0.1, 0.15) is 5.54 Å². The zero-order valence-electron chi connectivity index (χ0n) is 11.5. The lowest BCUT2D eigenvalue weighted by molar-refractivity contribution is -0.164. The summed E-state index contributed by atoms with van der Waals surface area (Å²) < 4.78 is 5.37. The molecule has 2 heterocycles. The van der Waals surface area contributed by atoms with Crippen molar-refractivity contribution in [3.63, 3.8) is 0 Å². The largest absolute Gasteiger partial charge is 0.479 e. The fourth-order valence-corrected chi connectivity index (χ4v) is 2.85. The van der Waals surface area contributed by atoms with Crippen molar-refractivity contribution >= 4 is 11.9 Å². The lowest BCUT2D eigenvalue weighted by Crippen LogP contribution is -2.57. The molecule has 0 aromatic rings. The van der Waals surface area contributed by atoms with E-state index in [9.17, 15) is 19.8 Å². The van der Waals surface area contributed by atoms with Gasteiger partial charge in [-0.2, -0.15) is 0 Å². The van der Waals surface area contributed by atoms with E-state index in [1.54, 1.807) is 0 Å². The van der Waals surface area contributed by atoms with Gasteiger partial charge in [0, 0.05) is 6.54 Å². The van der Waals surface area contributed by atoms with E-state index < -0.39 is 29.1 Å². The molecule has 1 amide bonds. The number of aliphatic hydroxyl groups is 1. The monoisotopic (exact) mass is 271 g/mol. The van der Waals surface area contributed by atoms with E-state index in [0.717, 1.165) is 0 Å². The molecular formula is C13H21NO5. The van der Waals surface area contributed by atoms with E-state index >= 15 is 0 Å². The second-order valence-electron chi connectivity index (χ2n) is 6.50. The van der Waals surface area contributed by atoms with Gasteiger partial charge < -0.3 is 19.8 Å². The average Bonchev–Trinajstić information content (AvgIpc) is 2.78. The quantitative estimate of drug-likeness (QED) is 0.764. The maximum atomic E-state index is 12.1. The number of aliphatic carboxylic acids is 1. The van der Waals surface area contributed by atoms with Crippen molar-refractivity contribution < 1.29 is 24.5 Å². The summed E-state index contributed by atoms with van der Waals surface area (Å²) in [7, 11) is 0. The third kappa shape index (κ3) is 2.47. The maximum Gasteiger partial charge on any atom is 0.329 e. The first-order chi connectivity index (χ1) is 8.66. The standard InChI is InChI=1S/C13H21NO5/c1-12(2,3)19-7-9(15)10(16)14-6-8-4-13(14,5-8)11(17)18/h8-9,15H,4-7H2,1-3H3,(H,17,18). The van der Waals surface area contributed by atoms with Crippen LogP contribution in [0.2, 0.25) is 0 Å². The molecule has 2 bridgehead atoms. The molecule has 0 aromatic carbocycles. The van der Waals surface area contributed by atoms with Crippen LogP contribution in [0.1, 0.15) is 33.6 Å². The number of amides is 1. The Kier molecular flexibility index (Phi) is 3.35. The van der Waals surface area contributed by atoms with Crippen LogP contribution in [0.3, 0.4) is 0 Å². The molecule has 2 N–H and O–H groups in total. The highest BCUT2D eigenvalue weighted by molar-refractivity contribution is 5.91. The van der Waals surface area contributed by atoms with Gasteiger partial charge in [0.2, 0.25) is 0 Å². The molecule has 1 saturated carbocycles. The average molecular weight is 271 g/mol. The van der Waals surface area contributed by atoms with E-state index in [-0.39, 0.29) is 12.5 Å². The van der Waals surface area contributed by atoms with Crippen molar-refractivity contribution in [2.75, 3.05) is 13.2 Å². The van der Waals surface area contributed by atoms with Gasteiger partial charge in [-0.3, -0.25) is 4.79 Å². The van der Waals surface area contributed by atoms with Crippen LogP contribution in [0, 0.1) is 5.92 Å². The SMILES string of the molecule is CC(C)(C)OCC(O)C(=O)N1CC2CC1(C(=O)O)C2. The van der Waals surface area contributed by atoms with Crippen molar-refractivity contribution in [3.8, 4) is 0 Å². The molecule has 6 nitrogen and oxygen atoms in total. The summed E-state index contributed by atoms with van der Waals surface area (Å²) in [5, 5.41) is 19.1. The van der Waals surface area contributed by atoms with Crippen LogP contribution in [-0.4, -0.2) is 57.4 Å². The molecule has 0 radical (unpaired) electrons. The highest BCUT2D eigenvalue weighted by Gasteiger charge is 2.63. The van der Waals surface area contributed by atoms with Gasteiger partial charge >= 0.3 is 5.97 Å². The molecule has 108 valence electrons. The number of carboxylic acid groups (broad SMARTS) is 1. The Hall–Kier alpha value is -1.14. The van der Waals surface area contributed by atoms with Gasteiger partial charge in [0.15, 0.2) is 6.10 Å². The number of carbonyl (C=O) groups excluding carboxylic acids is 1. The first-order valence-electron chi connectivity index (χ1n) is 6.53. The summed E-state index contributed by atoms with van der Waals surface area (Å²) in [6.07, 6.45) is -0.295. The molecule has 1 aliphatic carbocycles. The molecule has 3 rings (SSSR count). The van der Waals surface area contributed by atoms with Crippen molar-refractivity contribution in [2.45, 2.75) is 50.9 Å². The van der Waals surface area contributed by atoms with Gasteiger partial charge in [-0.15, -0.1) is 0 Å². The van der Waals surface area contributed by atoms with Gasteiger partial charge in [0.25, 0.3) is 5.91 Å². The summed E-state index contributed by atoms with van der Waals surface area (Å²) in [6, 6.07) is 0. The zero-order chi connectivity index (χ0) is 14.4. The van der Waals surface area contributed by atoms with E-state index in [1.807, 2.05) is 20.8 Å². The number of carbonyl (C=O) groups is 2. The van der Waals surface area contributed by atoms with E-state index in [0.29, 0.717) is 19.4 Å². The number of hydrogen-bond donors (Lipinski definition) is 2. The second-order valence-corrected chi connectivity index (χ2v) is 6.50. The number of hydrogen-bond acceptors (Lipinski definition) is 4. The topological polar surface area (TPSA) is 87.1 Å². The van der Waals surface area contributed by atoms with Crippen LogP contribution in [0.15, 0.2) is 0 Å². The van der Waals surface area contributed by atoms with E-state index in [2.05, 4.69) is 0 Å².